The Labute approximate surface area is 123 Å². The van der Waals surface area contributed by atoms with E-state index in [9.17, 15) is 0 Å². The standard InChI is InChI=1S/C17H29N3/c1-14(2)6-9-18-12-16-4-5-17(19-13-16)20-10-7-15(3)8-11-20/h4-5,13-15,18H,6-12H2,1-3H3. The Bertz CT molecular complexity index is 378. The molecule has 20 heavy (non-hydrogen) atoms. The summed E-state index contributed by atoms with van der Waals surface area (Å²) >= 11 is 0. The third-order valence-corrected chi connectivity index (χ3v) is 4.14. The van der Waals surface area contributed by atoms with E-state index in [0.717, 1.165) is 43.8 Å². The molecule has 1 aromatic heterocycles. The molecule has 0 bridgehead atoms. The predicted octanol–water partition coefficient (Wildman–Crippen LogP) is 3.45. The fourth-order valence-electron chi connectivity index (χ4n) is 2.57. The highest BCUT2D eigenvalue weighted by atomic mass is 15.2. The average molecular weight is 275 g/mol. The van der Waals surface area contributed by atoms with Crippen molar-refractivity contribution in [1.82, 2.24) is 10.3 Å². The smallest absolute Gasteiger partial charge is 0.128 e. The first-order valence-electron chi connectivity index (χ1n) is 8.05. The number of piperidine rings is 1. The number of nitrogens with one attached hydrogen (secondary N) is 1. The minimum Gasteiger partial charge on any atom is -0.357 e. The molecule has 1 aromatic rings. The van der Waals surface area contributed by atoms with Gasteiger partial charge in [-0.3, -0.25) is 0 Å². The van der Waals surface area contributed by atoms with E-state index in [1.54, 1.807) is 0 Å². The third kappa shape index (κ3) is 4.78. The van der Waals surface area contributed by atoms with Gasteiger partial charge in [-0.2, -0.15) is 0 Å². The molecule has 0 saturated carbocycles. The largest absolute Gasteiger partial charge is 0.357 e. The lowest BCUT2D eigenvalue weighted by Crippen LogP contribution is -2.33. The maximum absolute atomic E-state index is 4.63. The van der Waals surface area contributed by atoms with Crippen LogP contribution in [0.3, 0.4) is 0 Å². The van der Waals surface area contributed by atoms with Crippen LogP contribution in [0.15, 0.2) is 18.3 Å². The Kier molecular flexibility index (Phi) is 5.84. The second-order valence-electron chi connectivity index (χ2n) is 6.55. The predicted molar refractivity (Wildman–Crippen MR) is 86.0 cm³/mol. The summed E-state index contributed by atoms with van der Waals surface area (Å²) in [6.45, 7) is 11.2. The maximum atomic E-state index is 4.63. The summed E-state index contributed by atoms with van der Waals surface area (Å²) in [6, 6.07) is 4.39. The molecule has 0 aromatic carbocycles. The molecule has 1 aliphatic heterocycles. The van der Waals surface area contributed by atoms with Crippen LogP contribution in [0.1, 0.15) is 45.6 Å². The minimum atomic E-state index is 0.768. The summed E-state index contributed by atoms with van der Waals surface area (Å²) in [7, 11) is 0. The Hall–Kier alpha value is -1.09. The van der Waals surface area contributed by atoms with E-state index in [2.05, 4.69) is 48.1 Å². The molecule has 3 nitrogen and oxygen atoms in total. The molecule has 0 aliphatic carbocycles. The van der Waals surface area contributed by atoms with Gasteiger partial charge in [0.15, 0.2) is 0 Å². The van der Waals surface area contributed by atoms with E-state index < -0.39 is 0 Å². The molecule has 0 amide bonds. The lowest BCUT2D eigenvalue weighted by molar-refractivity contribution is 0.436. The van der Waals surface area contributed by atoms with Crippen LogP contribution in [-0.2, 0) is 6.54 Å². The van der Waals surface area contributed by atoms with E-state index in [0.29, 0.717) is 0 Å². The van der Waals surface area contributed by atoms with Crippen molar-refractivity contribution in [1.29, 1.82) is 0 Å². The normalized spacial score (nSPS) is 16.9. The minimum absolute atomic E-state index is 0.768. The molecule has 3 heteroatoms. The van der Waals surface area contributed by atoms with Crippen molar-refractivity contribution in [2.45, 2.75) is 46.6 Å². The zero-order chi connectivity index (χ0) is 14.4. The molecular weight excluding hydrogens is 246 g/mol. The Morgan fingerprint density at radius 3 is 2.65 bits per heavy atom. The lowest BCUT2D eigenvalue weighted by Gasteiger charge is -2.31. The van der Waals surface area contributed by atoms with E-state index in [1.807, 2.05) is 6.20 Å². The van der Waals surface area contributed by atoms with Crippen molar-refractivity contribution in [3.63, 3.8) is 0 Å². The molecule has 1 aliphatic rings. The van der Waals surface area contributed by atoms with Crippen LogP contribution in [-0.4, -0.2) is 24.6 Å². The van der Waals surface area contributed by atoms with Crippen LogP contribution >= 0.6 is 0 Å². The van der Waals surface area contributed by atoms with Crippen LogP contribution in [0, 0.1) is 11.8 Å². The summed E-state index contributed by atoms with van der Waals surface area (Å²) < 4.78 is 0. The highest BCUT2D eigenvalue weighted by Gasteiger charge is 2.16. The van der Waals surface area contributed by atoms with E-state index >= 15 is 0 Å². The number of anilines is 1. The third-order valence-electron chi connectivity index (χ3n) is 4.14. The Balaban J connectivity index is 1.77. The van der Waals surface area contributed by atoms with Crippen LogP contribution in [0.4, 0.5) is 5.82 Å². The first kappa shape index (κ1) is 15.3. The zero-order valence-corrected chi connectivity index (χ0v) is 13.2. The summed E-state index contributed by atoms with van der Waals surface area (Å²) in [5.74, 6) is 2.78. The molecule has 2 rings (SSSR count). The van der Waals surface area contributed by atoms with Crippen LogP contribution in [0.25, 0.3) is 0 Å². The summed E-state index contributed by atoms with van der Waals surface area (Å²) in [4.78, 5) is 7.04. The first-order chi connectivity index (χ1) is 9.65. The highest BCUT2D eigenvalue weighted by molar-refractivity contribution is 5.39. The molecule has 0 spiro atoms. The molecule has 112 valence electrons. The van der Waals surface area contributed by atoms with E-state index in [-0.39, 0.29) is 0 Å². The van der Waals surface area contributed by atoms with Gasteiger partial charge in [0, 0.05) is 25.8 Å². The zero-order valence-electron chi connectivity index (χ0n) is 13.2. The molecule has 1 saturated heterocycles. The van der Waals surface area contributed by atoms with Crippen molar-refractivity contribution in [3.8, 4) is 0 Å². The van der Waals surface area contributed by atoms with Gasteiger partial charge in [0.05, 0.1) is 0 Å². The molecule has 1 N–H and O–H groups in total. The summed E-state index contributed by atoms with van der Waals surface area (Å²) in [5, 5.41) is 3.48. The SMILES string of the molecule is CC(C)CCNCc1ccc(N2CCC(C)CC2)nc1. The van der Waals surface area contributed by atoms with Gasteiger partial charge in [-0.25, -0.2) is 4.98 Å². The Morgan fingerprint density at radius 1 is 1.30 bits per heavy atom. The van der Waals surface area contributed by atoms with Gasteiger partial charge < -0.3 is 10.2 Å². The Morgan fingerprint density at radius 2 is 2.05 bits per heavy atom. The van der Waals surface area contributed by atoms with Gasteiger partial charge in [0.1, 0.15) is 5.82 Å². The van der Waals surface area contributed by atoms with E-state index in [1.165, 1.54) is 24.8 Å². The molecule has 1 fully saturated rings. The number of aromatic nitrogens is 1. The lowest BCUT2D eigenvalue weighted by atomic mass is 9.99. The van der Waals surface area contributed by atoms with Crippen molar-refractivity contribution < 1.29 is 0 Å². The fourth-order valence-corrected chi connectivity index (χ4v) is 2.57. The number of rotatable bonds is 6. The summed E-state index contributed by atoms with van der Waals surface area (Å²) in [6.07, 6.45) is 5.84. The molecule has 0 radical (unpaired) electrons. The van der Waals surface area contributed by atoms with Crippen LogP contribution in [0.5, 0.6) is 0 Å². The highest BCUT2D eigenvalue weighted by Crippen LogP contribution is 2.21. The number of nitrogens with zero attached hydrogens (tertiary/aromatic N) is 2. The number of hydrogen-bond acceptors (Lipinski definition) is 3. The van der Waals surface area contributed by atoms with Gasteiger partial charge in [-0.1, -0.05) is 26.8 Å². The maximum Gasteiger partial charge on any atom is 0.128 e. The fraction of sp³-hybridized carbons (Fsp3) is 0.706. The van der Waals surface area contributed by atoms with Crippen LogP contribution in [0.2, 0.25) is 0 Å². The quantitative estimate of drug-likeness (QED) is 0.806. The van der Waals surface area contributed by atoms with Gasteiger partial charge in [-0.15, -0.1) is 0 Å². The summed E-state index contributed by atoms with van der Waals surface area (Å²) in [5.41, 5.74) is 1.28. The number of pyridine rings is 1. The van der Waals surface area contributed by atoms with Gasteiger partial charge in [0.2, 0.25) is 0 Å². The second-order valence-corrected chi connectivity index (χ2v) is 6.55. The molecule has 0 unspecified atom stereocenters. The van der Waals surface area contributed by atoms with E-state index in [4.69, 9.17) is 0 Å². The van der Waals surface area contributed by atoms with Gasteiger partial charge in [0.25, 0.3) is 0 Å². The molecule has 0 atom stereocenters. The number of hydrogen-bond donors (Lipinski definition) is 1. The van der Waals surface area contributed by atoms with Crippen molar-refractivity contribution in [2.24, 2.45) is 11.8 Å². The monoisotopic (exact) mass is 275 g/mol. The van der Waals surface area contributed by atoms with Gasteiger partial charge >= 0.3 is 0 Å². The topological polar surface area (TPSA) is 28.2 Å². The molecular formula is C17H29N3. The van der Waals surface area contributed by atoms with Crippen LogP contribution < -0.4 is 10.2 Å². The molecule has 2 heterocycles. The van der Waals surface area contributed by atoms with Gasteiger partial charge in [-0.05, 0) is 49.3 Å². The van der Waals surface area contributed by atoms with Crippen molar-refractivity contribution in [3.05, 3.63) is 23.9 Å². The second kappa shape index (κ2) is 7.63. The average Bonchev–Trinajstić information content (AvgIpc) is 2.45. The van der Waals surface area contributed by atoms with Crippen molar-refractivity contribution in [2.75, 3.05) is 24.5 Å². The first-order valence-corrected chi connectivity index (χ1v) is 8.05. The van der Waals surface area contributed by atoms with Crippen molar-refractivity contribution >= 4 is 5.82 Å².